The molecule has 0 aliphatic carbocycles. The molecule has 0 aliphatic rings. The van der Waals surface area contributed by atoms with E-state index in [0.717, 1.165) is 42.5 Å². The van der Waals surface area contributed by atoms with Crippen LogP contribution in [-0.2, 0) is 11.2 Å². The van der Waals surface area contributed by atoms with Gasteiger partial charge < -0.3 is 15.1 Å². The lowest BCUT2D eigenvalue weighted by Crippen LogP contribution is -2.39. The highest BCUT2D eigenvalue weighted by molar-refractivity contribution is 5.81. The Balaban J connectivity index is 3.01. The number of anilines is 2. The first kappa shape index (κ1) is 17.2. The second-order valence-corrected chi connectivity index (χ2v) is 4.96. The van der Waals surface area contributed by atoms with Crippen molar-refractivity contribution in [3.8, 4) is 0 Å². The van der Waals surface area contributed by atoms with E-state index in [4.69, 9.17) is 0 Å². The van der Waals surface area contributed by atoms with E-state index >= 15 is 0 Å². The van der Waals surface area contributed by atoms with E-state index in [0.29, 0.717) is 6.54 Å². The van der Waals surface area contributed by atoms with Gasteiger partial charge in [0.2, 0.25) is 5.91 Å². The topological polar surface area (TPSA) is 61.4 Å². The fraction of sp³-hybridized carbons (Fsp3) is 0.667. The van der Waals surface area contributed by atoms with E-state index in [1.807, 2.05) is 51.6 Å². The third kappa shape index (κ3) is 4.06. The molecule has 1 aromatic rings. The first-order valence-electron chi connectivity index (χ1n) is 7.52. The molecule has 1 aromatic heterocycles. The van der Waals surface area contributed by atoms with Gasteiger partial charge in [-0.3, -0.25) is 4.79 Å². The number of carbonyl (C=O) groups excluding carboxylic acids is 1. The Morgan fingerprint density at radius 2 is 1.81 bits per heavy atom. The monoisotopic (exact) mass is 293 g/mol. The fourth-order valence-electron chi connectivity index (χ4n) is 2.28. The second-order valence-electron chi connectivity index (χ2n) is 4.96. The molecule has 118 valence electrons. The molecule has 0 radical (unpaired) electrons. The summed E-state index contributed by atoms with van der Waals surface area (Å²) in [5.41, 5.74) is 0.963. The first-order valence-corrected chi connectivity index (χ1v) is 7.52. The SMILES string of the molecule is CCc1nc(NC)c(C)c(N(C)CC(=O)N(CC)CC)n1. The number of hydrogen-bond acceptors (Lipinski definition) is 5. The molecule has 0 fully saturated rings. The number of aromatic nitrogens is 2. The summed E-state index contributed by atoms with van der Waals surface area (Å²) in [6, 6.07) is 0. The van der Waals surface area contributed by atoms with E-state index in [2.05, 4.69) is 15.3 Å². The molecular formula is C15H27N5O. The summed E-state index contributed by atoms with van der Waals surface area (Å²) >= 11 is 0. The van der Waals surface area contributed by atoms with Crippen molar-refractivity contribution in [1.82, 2.24) is 14.9 Å². The number of rotatable bonds is 7. The van der Waals surface area contributed by atoms with Crippen LogP contribution in [0.2, 0.25) is 0 Å². The van der Waals surface area contributed by atoms with Gasteiger partial charge in [0.15, 0.2) is 0 Å². The summed E-state index contributed by atoms with van der Waals surface area (Å²) in [5.74, 6) is 2.53. The lowest BCUT2D eigenvalue weighted by atomic mass is 10.2. The average Bonchev–Trinajstić information content (AvgIpc) is 2.48. The maximum atomic E-state index is 12.2. The molecule has 0 aliphatic heterocycles. The second kappa shape index (κ2) is 7.81. The number of nitrogens with zero attached hydrogens (tertiary/aromatic N) is 4. The van der Waals surface area contributed by atoms with Crippen LogP contribution in [0.1, 0.15) is 32.2 Å². The Morgan fingerprint density at radius 1 is 1.19 bits per heavy atom. The molecule has 6 heteroatoms. The van der Waals surface area contributed by atoms with Crippen molar-refractivity contribution in [2.45, 2.75) is 34.1 Å². The predicted octanol–water partition coefficient (Wildman–Crippen LogP) is 1.69. The van der Waals surface area contributed by atoms with Crippen molar-refractivity contribution < 1.29 is 4.79 Å². The van der Waals surface area contributed by atoms with Crippen molar-refractivity contribution in [3.63, 3.8) is 0 Å². The van der Waals surface area contributed by atoms with E-state index in [-0.39, 0.29) is 5.91 Å². The van der Waals surface area contributed by atoms with Crippen LogP contribution in [0.5, 0.6) is 0 Å². The summed E-state index contributed by atoms with van der Waals surface area (Å²) in [6.45, 7) is 9.76. The highest BCUT2D eigenvalue weighted by Gasteiger charge is 2.17. The number of hydrogen-bond donors (Lipinski definition) is 1. The van der Waals surface area contributed by atoms with Crippen LogP contribution in [0.25, 0.3) is 0 Å². The van der Waals surface area contributed by atoms with Gasteiger partial charge >= 0.3 is 0 Å². The average molecular weight is 293 g/mol. The Morgan fingerprint density at radius 3 is 2.29 bits per heavy atom. The Bertz CT molecular complexity index is 485. The zero-order chi connectivity index (χ0) is 16.0. The standard InChI is InChI=1S/C15H27N5O/c1-7-12-17-14(16-5)11(4)15(18-12)19(6)10-13(21)20(8-2)9-3/h7-10H2,1-6H3,(H,16,17,18). The van der Waals surface area contributed by atoms with Gasteiger partial charge in [-0.1, -0.05) is 6.92 Å². The summed E-state index contributed by atoms with van der Waals surface area (Å²) in [4.78, 5) is 25.0. The van der Waals surface area contributed by atoms with Crippen LogP contribution in [0.3, 0.4) is 0 Å². The smallest absolute Gasteiger partial charge is 0.242 e. The van der Waals surface area contributed by atoms with Crippen molar-refractivity contribution in [1.29, 1.82) is 0 Å². The maximum absolute atomic E-state index is 12.2. The van der Waals surface area contributed by atoms with Gasteiger partial charge in [0.25, 0.3) is 0 Å². The molecule has 0 aromatic carbocycles. The van der Waals surface area contributed by atoms with Crippen molar-refractivity contribution in [2.24, 2.45) is 0 Å². The van der Waals surface area contributed by atoms with Crippen LogP contribution in [-0.4, -0.2) is 54.5 Å². The molecule has 21 heavy (non-hydrogen) atoms. The van der Waals surface area contributed by atoms with Crippen LogP contribution in [0, 0.1) is 6.92 Å². The minimum atomic E-state index is 0.115. The number of carbonyl (C=O) groups is 1. The van der Waals surface area contributed by atoms with Crippen LogP contribution >= 0.6 is 0 Å². The number of nitrogens with one attached hydrogen (secondary N) is 1. The molecule has 0 spiro atoms. The van der Waals surface area contributed by atoms with Gasteiger partial charge in [0.1, 0.15) is 17.5 Å². The number of amides is 1. The van der Waals surface area contributed by atoms with Crippen molar-refractivity contribution in [2.75, 3.05) is 43.9 Å². The highest BCUT2D eigenvalue weighted by atomic mass is 16.2. The normalized spacial score (nSPS) is 10.4. The quantitative estimate of drug-likeness (QED) is 0.829. The molecule has 0 unspecified atom stereocenters. The molecule has 0 saturated carbocycles. The van der Waals surface area contributed by atoms with E-state index < -0.39 is 0 Å². The maximum Gasteiger partial charge on any atom is 0.242 e. The van der Waals surface area contributed by atoms with Gasteiger partial charge in [-0.05, 0) is 20.8 Å². The zero-order valence-electron chi connectivity index (χ0n) is 14.0. The van der Waals surface area contributed by atoms with Gasteiger partial charge in [0, 0.05) is 39.2 Å². The molecular weight excluding hydrogens is 266 g/mol. The number of likely N-dealkylation sites (N-methyl/N-ethyl adjacent to an activating group) is 2. The van der Waals surface area contributed by atoms with Crippen LogP contribution in [0.15, 0.2) is 0 Å². The predicted molar refractivity (Wildman–Crippen MR) is 86.9 cm³/mol. The summed E-state index contributed by atoms with van der Waals surface area (Å²) < 4.78 is 0. The van der Waals surface area contributed by atoms with E-state index in [1.54, 1.807) is 0 Å². The molecule has 6 nitrogen and oxygen atoms in total. The molecule has 0 atom stereocenters. The number of aryl methyl sites for hydroxylation is 1. The Labute approximate surface area is 127 Å². The molecule has 1 amide bonds. The summed E-state index contributed by atoms with van der Waals surface area (Å²) in [5, 5.41) is 3.09. The molecule has 1 rings (SSSR count). The summed E-state index contributed by atoms with van der Waals surface area (Å²) in [6.07, 6.45) is 0.764. The van der Waals surface area contributed by atoms with E-state index in [9.17, 15) is 4.79 Å². The van der Waals surface area contributed by atoms with Gasteiger partial charge in [-0.2, -0.15) is 0 Å². The molecule has 0 saturated heterocycles. The van der Waals surface area contributed by atoms with Gasteiger partial charge in [-0.25, -0.2) is 9.97 Å². The zero-order valence-corrected chi connectivity index (χ0v) is 14.0. The van der Waals surface area contributed by atoms with Crippen molar-refractivity contribution >= 4 is 17.5 Å². The van der Waals surface area contributed by atoms with Gasteiger partial charge in [0.05, 0.1) is 6.54 Å². The molecule has 1 N–H and O–H groups in total. The van der Waals surface area contributed by atoms with Crippen molar-refractivity contribution in [3.05, 3.63) is 11.4 Å². The third-order valence-corrected chi connectivity index (χ3v) is 3.57. The minimum absolute atomic E-state index is 0.115. The van der Waals surface area contributed by atoms with Crippen LogP contribution in [0.4, 0.5) is 11.6 Å². The molecule has 0 bridgehead atoms. The van der Waals surface area contributed by atoms with Gasteiger partial charge in [-0.15, -0.1) is 0 Å². The first-order chi connectivity index (χ1) is 9.98. The van der Waals surface area contributed by atoms with Crippen LogP contribution < -0.4 is 10.2 Å². The lowest BCUT2D eigenvalue weighted by molar-refractivity contribution is -0.129. The lowest BCUT2D eigenvalue weighted by Gasteiger charge is -2.25. The van der Waals surface area contributed by atoms with E-state index in [1.165, 1.54) is 0 Å². The largest absolute Gasteiger partial charge is 0.373 e. The third-order valence-electron chi connectivity index (χ3n) is 3.57. The Hall–Kier alpha value is -1.85. The summed E-state index contributed by atoms with van der Waals surface area (Å²) in [7, 11) is 3.75. The fourth-order valence-corrected chi connectivity index (χ4v) is 2.28. The highest BCUT2D eigenvalue weighted by Crippen LogP contribution is 2.22. The molecule has 1 heterocycles. The Kier molecular flexibility index (Phi) is 6.39. The minimum Gasteiger partial charge on any atom is -0.373 e.